The van der Waals surface area contributed by atoms with E-state index in [1.165, 1.54) is 27.3 Å². The summed E-state index contributed by atoms with van der Waals surface area (Å²) in [6.45, 7) is 2.72. The fourth-order valence-corrected chi connectivity index (χ4v) is 8.60. The Balaban J connectivity index is 1.52. The predicted octanol–water partition coefficient (Wildman–Crippen LogP) is 5.96. The van der Waals surface area contributed by atoms with Gasteiger partial charge in [-0.2, -0.15) is 4.31 Å². The highest BCUT2D eigenvalue weighted by atomic mass is 35.5. The van der Waals surface area contributed by atoms with Gasteiger partial charge in [0.1, 0.15) is 10.3 Å². The third-order valence-electron chi connectivity index (χ3n) is 6.13. The predicted molar refractivity (Wildman–Crippen MR) is 143 cm³/mol. The van der Waals surface area contributed by atoms with E-state index in [0.29, 0.717) is 35.4 Å². The van der Waals surface area contributed by atoms with Gasteiger partial charge in [0.2, 0.25) is 5.91 Å². The average molecular weight is 546 g/mol. The zero-order valence-electron chi connectivity index (χ0n) is 19.1. The van der Waals surface area contributed by atoms with Gasteiger partial charge in [0.05, 0.1) is 21.1 Å². The molecule has 35 heavy (non-hydrogen) atoms. The van der Waals surface area contributed by atoms with Gasteiger partial charge in [-0.3, -0.25) is 9.69 Å². The van der Waals surface area contributed by atoms with Crippen LogP contribution in [0.3, 0.4) is 0 Å². The van der Waals surface area contributed by atoms with Gasteiger partial charge in [0.15, 0.2) is 5.13 Å². The number of halogens is 1. The lowest BCUT2D eigenvalue weighted by Gasteiger charge is -2.28. The molecule has 6 nitrogen and oxygen atoms in total. The molecule has 3 heterocycles. The molecule has 1 fully saturated rings. The number of thiophene rings is 1. The minimum absolute atomic E-state index is 0.156. The summed E-state index contributed by atoms with van der Waals surface area (Å²) in [6, 6.07) is 18.1. The second-order valence-electron chi connectivity index (χ2n) is 8.39. The Morgan fingerprint density at radius 3 is 2.63 bits per heavy atom. The molecule has 0 bridgehead atoms. The SMILES string of the molecule is CCc1ccc2nc(N(Cc3ccccc3)C(=O)C3CCCN3S(=O)(=O)c3ccc(Cl)s3)sc2c1. The van der Waals surface area contributed by atoms with E-state index in [-0.39, 0.29) is 10.1 Å². The number of amides is 1. The first kappa shape index (κ1) is 24.4. The Hall–Kier alpha value is -2.30. The summed E-state index contributed by atoms with van der Waals surface area (Å²) in [5.41, 5.74) is 2.99. The van der Waals surface area contributed by atoms with Gasteiger partial charge >= 0.3 is 0 Å². The molecule has 1 aliphatic heterocycles. The first-order chi connectivity index (χ1) is 16.9. The number of fused-ring (bicyclic) bond motifs is 1. The molecular weight excluding hydrogens is 522 g/mol. The monoisotopic (exact) mass is 545 g/mol. The van der Waals surface area contributed by atoms with Crippen LogP contribution in [0.5, 0.6) is 0 Å². The van der Waals surface area contributed by atoms with E-state index in [4.69, 9.17) is 16.6 Å². The highest BCUT2D eigenvalue weighted by Crippen LogP contribution is 2.35. The maximum absolute atomic E-state index is 14.0. The summed E-state index contributed by atoms with van der Waals surface area (Å²) in [5, 5.41) is 0.575. The van der Waals surface area contributed by atoms with Crippen LogP contribution in [0.2, 0.25) is 4.34 Å². The summed E-state index contributed by atoms with van der Waals surface area (Å²) in [4.78, 5) is 20.4. The number of sulfonamides is 1. The van der Waals surface area contributed by atoms with Crippen molar-refractivity contribution >= 4 is 65.6 Å². The van der Waals surface area contributed by atoms with Crippen molar-refractivity contribution in [2.24, 2.45) is 0 Å². The van der Waals surface area contributed by atoms with E-state index < -0.39 is 16.1 Å². The Morgan fingerprint density at radius 2 is 1.91 bits per heavy atom. The van der Waals surface area contributed by atoms with E-state index in [0.717, 1.165) is 33.5 Å². The molecule has 1 saturated heterocycles. The van der Waals surface area contributed by atoms with Crippen LogP contribution in [0.1, 0.15) is 30.9 Å². The first-order valence-corrected chi connectivity index (χ1v) is 14.8. The topological polar surface area (TPSA) is 70.6 Å². The van der Waals surface area contributed by atoms with Crippen LogP contribution in [0.4, 0.5) is 5.13 Å². The summed E-state index contributed by atoms with van der Waals surface area (Å²) in [7, 11) is -3.83. The number of carbonyl (C=O) groups excluding carboxylic acids is 1. The fourth-order valence-electron chi connectivity index (χ4n) is 4.30. The number of carbonyl (C=O) groups is 1. The van der Waals surface area contributed by atoms with E-state index in [1.54, 1.807) is 11.0 Å². The fraction of sp³-hybridized carbons (Fsp3) is 0.280. The Labute approximate surface area is 217 Å². The third-order valence-corrected chi connectivity index (χ3v) is 10.8. The lowest BCUT2D eigenvalue weighted by molar-refractivity contribution is -0.121. The van der Waals surface area contributed by atoms with E-state index in [9.17, 15) is 13.2 Å². The smallest absolute Gasteiger partial charge is 0.253 e. The van der Waals surface area contributed by atoms with Gasteiger partial charge in [-0.1, -0.05) is 66.3 Å². The molecular formula is C25H24ClN3O3S3. The number of rotatable bonds is 7. The second kappa shape index (κ2) is 9.99. The van der Waals surface area contributed by atoms with E-state index in [2.05, 4.69) is 13.0 Å². The van der Waals surface area contributed by atoms with Crippen molar-refractivity contribution in [3.63, 3.8) is 0 Å². The molecule has 0 radical (unpaired) electrons. The molecule has 1 unspecified atom stereocenters. The number of anilines is 1. The zero-order chi connectivity index (χ0) is 24.6. The summed E-state index contributed by atoms with van der Waals surface area (Å²) in [5.74, 6) is -0.257. The summed E-state index contributed by atoms with van der Waals surface area (Å²) < 4.78 is 29.7. The van der Waals surface area contributed by atoms with Gasteiger partial charge < -0.3 is 0 Å². The van der Waals surface area contributed by atoms with Gasteiger partial charge in [-0.25, -0.2) is 13.4 Å². The number of hydrogen-bond acceptors (Lipinski definition) is 6. The molecule has 10 heteroatoms. The molecule has 2 aromatic heterocycles. The molecule has 0 N–H and O–H groups in total. The van der Waals surface area contributed by atoms with Crippen LogP contribution >= 0.6 is 34.3 Å². The molecule has 0 aliphatic carbocycles. The standard InChI is InChI=1S/C25H24ClN3O3S3/c1-2-17-10-11-19-21(15-17)33-25(27-19)28(16-18-7-4-3-5-8-18)24(30)20-9-6-14-29(20)35(31,32)23-13-12-22(26)34-23/h3-5,7-8,10-13,15,20H,2,6,9,14,16H2,1H3. The molecule has 1 aliphatic rings. The Morgan fingerprint density at radius 1 is 1.11 bits per heavy atom. The zero-order valence-corrected chi connectivity index (χ0v) is 22.3. The molecule has 5 rings (SSSR count). The number of nitrogens with zero attached hydrogens (tertiary/aromatic N) is 3. The van der Waals surface area contributed by atoms with Gasteiger partial charge in [-0.05, 0) is 54.7 Å². The quantitative estimate of drug-likeness (QED) is 0.287. The van der Waals surface area contributed by atoms with Gasteiger partial charge in [0.25, 0.3) is 10.0 Å². The Bertz CT molecular complexity index is 1470. The lowest BCUT2D eigenvalue weighted by atomic mass is 10.1. The minimum atomic E-state index is -3.83. The maximum Gasteiger partial charge on any atom is 0.253 e. The first-order valence-electron chi connectivity index (χ1n) is 11.4. The maximum atomic E-state index is 14.0. The van der Waals surface area contributed by atoms with Crippen molar-refractivity contribution < 1.29 is 13.2 Å². The van der Waals surface area contributed by atoms with Crippen molar-refractivity contribution in [2.45, 2.75) is 43.0 Å². The van der Waals surface area contributed by atoms with E-state index in [1.807, 2.05) is 42.5 Å². The third kappa shape index (κ3) is 4.88. The van der Waals surface area contributed by atoms with Crippen LogP contribution in [0.25, 0.3) is 10.2 Å². The number of aromatic nitrogens is 1. The number of benzene rings is 2. The van der Waals surface area contributed by atoms with Crippen LogP contribution in [0, 0.1) is 0 Å². The van der Waals surface area contributed by atoms with Crippen molar-refractivity contribution in [3.8, 4) is 0 Å². The molecule has 4 aromatic rings. The molecule has 1 atom stereocenters. The van der Waals surface area contributed by atoms with Crippen molar-refractivity contribution in [1.29, 1.82) is 0 Å². The summed E-state index contributed by atoms with van der Waals surface area (Å²) >= 11 is 8.48. The summed E-state index contributed by atoms with van der Waals surface area (Å²) in [6.07, 6.45) is 2.00. The molecule has 0 saturated carbocycles. The van der Waals surface area contributed by atoms with Crippen LogP contribution in [-0.2, 0) is 27.8 Å². The van der Waals surface area contributed by atoms with Crippen molar-refractivity contribution in [1.82, 2.24) is 9.29 Å². The molecule has 1 amide bonds. The number of aryl methyl sites for hydroxylation is 1. The highest BCUT2D eigenvalue weighted by Gasteiger charge is 2.42. The highest BCUT2D eigenvalue weighted by molar-refractivity contribution is 7.91. The van der Waals surface area contributed by atoms with Crippen molar-refractivity contribution in [2.75, 3.05) is 11.4 Å². The average Bonchev–Trinajstić information content (AvgIpc) is 3.61. The van der Waals surface area contributed by atoms with Crippen molar-refractivity contribution in [3.05, 3.63) is 76.1 Å². The van der Waals surface area contributed by atoms with Crippen LogP contribution in [0.15, 0.2) is 64.9 Å². The number of thiazole rings is 1. The van der Waals surface area contributed by atoms with E-state index >= 15 is 0 Å². The molecule has 2 aromatic carbocycles. The second-order valence-corrected chi connectivity index (χ2v) is 13.2. The minimum Gasteiger partial charge on any atom is -0.282 e. The largest absolute Gasteiger partial charge is 0.282 e. The number of hydrogen-bond donors (Lipinski definition) is 0. The Kier molecular flexibility index (Phi) is 6.96. The van der Waals surface area contributed by atoms with Crippen LogP contribution in [-0.4, -0.2) is 36.2 Å². The lowest BCUT2D eigenvalue weighted by Crippen LogP contribution is -2.47. The van der Waals surface area contributed by atoms with Gasteiger partial charge in [-0.15, -0.1) is 11.3 Å². The molecule has 0 spiro atoms. The van der Waals surface area contributed by atoms with Crippen LogP contribution < -0.4 is 4.90 Å². The molecule has 182 valence electrons. The normalized spacial score (nSPS) is 16.7. The van der Waals surface area contributed by atoms with Gasteiger partial charge in [0, 0.05) is 6.54 Å².